The summed E-state index contributed by atoms with van der Waals surface area (Å²) in [4.78, 5) is 11.9. The van der Waals surface area contributed by atoms with Crippen LogP contribution in [0.3, 0.4) is 0 Å². The van der Waals surface area contributed by atoms with Gasteiger partial charge in [0.2, 0.25) is 0 Å². The first-order valence-corrected chi connectivity index (χ1v) is 7.99. The number of aryl methyl sites for hydroxylation is 1. The highest BCUT2D eigenvalue weighted by atomic mass is 16.5. The Kier molecular flexibility index (Phi) is 5.27. The summed E-state index contributed by atoms with van der Waals surface area (Å²) in [6.07, 6.45) is 5.53. The number of carbonyl (C=O) groups excluding carboxylic acids is 1. The Hall–Kier alpha value is -1.51. The molecule has 0 aromatic heterocycles. The fourth-order valence-corrected chi connectivity index (χ4v) is 3.02. The molecular formula is C18H27NO2. The van der Waals surface area contributed by atoms with Gasteiger partial charge in [-0.15, -0.1) is 0 Å². The van der Waals surface area contributed by atoms with E-state index >= 15 is 0 Å². The largest absolute Gasteiger partial charge is 0.484 e. The van der Waals surface area contributed by atoms with Crippen molar-refractivity contribution < 1.29 is 9.53 Å². The molecule has 1 aromatic rings. The highest BCUT2D eigenvalue weighted by molar-refractivity contribution is 5.77. The molecule has 21 heavy (non-hydrogen) atoms. The number of carbonyl (C=O) groups is 1. The van der Waals surface area contributed by atoms with Gasteiger partial charge in [0, 0.05) is 6.04 Å². The van der Waals surface area contributed by atoms with Gasteiger partial charge in [0.25, 0.3) is 5.91 Å². The summed E-state index contributed by atoms with van der Waals surface area (Å²) in [6.45, 7) is 6.78. The van der Waals surface area contributed by atoms with Gasteiger partial charge >= 0.3 is 0 Å². The van der Waals surface area contributed by atoms with Crippen LogP contribution < -0.4 is 10.1 Å². The van der Waals surface area contributed by atoms with Crippen molar-refractivity contribution in [1.29, 1.82) is 0 Å². The molecule has 0 aliphatic heterocycles. The minimum atomic E-state index is -0.0182. The molecule has 3 heteroatoms. The lowest BCUT2D eigenvalue weighted by atomic mass is 9.92. The fraction of sp³-hybridized carbons (Fsp3) is 0.611. The molecule has 116 valence electrons. The molecule has 1 aliphatic carbocycles. The van der Waals surface area contributed by atoms with E-state index in [0.29, 0.717) is 11.5 Å². The molecule has 1 amide bonds. The summed E-state index contributed by atoms with van der Waals surface area (Å²) in [6, 6.07) is 8.32. The number of rotatable bonds is 6. The van der Waals surface area contributed by atoms with Crippen molar-refractivity contribution in [3.8, 4) is 5.75 Å². The van der Waals surface area contributed by atoms with Crippen LogP contribution in [-0.2, 0) is 11.2 Å². The van der Waals surface area contributed by atoms with Crippen molar-refractivity contribution in [2.45, 2.75) is 58.9 Å². The molecule has 0 spiro atoms. The van der Waals surface area contributed by atoms with E-state index in [2.05, 4.69) is 38.2 Å². The molecule has 1 aliphatic rings. The Morgan fingerprint density at radius 1 is 1.33 bits per heavy atom. The number of amides is 1. The molecule has 2 rings (SSSR count). The van der Waals surface area contributed by atoms with E-state index in [9.17, 15) is 4.79 Å². The zero-order valence-electron chi connectivity index (χ0n) is 13.4. The van der Waals surface area contributed by atoms with Gasteiger partial charge in [0.1, 0.15) is 5.75 Å². The van der Waals surface area contributed by atoms with Crippen LogP contribution in [-0.4, -0.2) is 18.6 Å². The maximum atomic E-state index is 11.9. The molecular weight excluding hydrogens is 262 g/mol. The lowest BCUT2D eigenvalue weighted by Crippen LogP contribution is -2.36. The molecule has 1 atom stereocenters. The molecule has 3 nitrogen and oxygen atoms in total. The molecule has 1 fully saturated rings. The van der Waals surface area contributed by atoms with Crippen molar-refractivity contribution >= 4 is 5.91 Å². The molecule has 1 aromatic carbocycles. The van der Waals surface area contributed by atoms with Crippen LogP contribution in [0.2, 0.25) is 0 Å². The van der Waals surface area contributed by atoms with E-state index in [4.69, 9.17) is 4.74 Å². The normalized spacial score (nSPS) is 20.2. The van der Waals surface area contributed by atoms with Gasteiger partial charge in [-0.25, -0.2) is 0 Å². The average Bonchev–Trinajstić information content (AvgIpc) is 2.77. The Morgan fingerprint density at radius 3 is 2.62 bits per heavy atom. The molecule has 0 heterocycles. The Labute approximate surface area is 128 Å². The molecule has 1 N–H and O–H groups in total. The zero-order chi connectivity index (χ0) is 15.3. The second kappa shape index (κ2) is 6.97. The van der Waals surface area contributed by atoms with Crippen LogP contribution >= 0.6 is 0 Å². The van der Waals surface area contributed by atoms with Crippen LogP contribution in [0.25, 0.3) is 0 Å². The molecule has 0 saturated heterocycles. The van der Waals surface area contributed by atoms with Crippen molar-refractivity contribution in [2.75, 3.05) is 6.61 Å². The van der Waals surface area contributed by atoms with Gasteiger partial charge in [0.15, 0.2) is 6.61 Å². The van der Waals surface area contributed by atoms with Gasteiger partial charge in [0.05, 0.1) is 0 Å². The minimum absolute atomic E-state index is 0.0182. The third-order valence-electron chi connectivity index (χ3n) is 4.17. The van der Waals surface area contributed by atoms with E-state index in [-0.39, 0.29) is 12.5 Å². The molecule has 0 radical (unpaired) electrons. The molecule has 0 bridgehead atoms. The SMILES string of the molecule is CCCc1ccc(OCC(=O)NC2CCC(C)(C)C2)cc1. The molecule has 1 unspecified atom stereocenters. The number of ether oxygens (including phenoxy) is 1. The Bertz CT molecular complexity index is 465. The Balaban J connectivity index is 1.73. The van der Waals surface area contributed by atoms with Gasteiger partial charge in [-0.2, -0.15) is 0 Å². The number of benzene rings is 1. The zero-order valence-corrected chi connectivity index (χ0v) is 13.4. The minimum Gasteiger partial charge on any atom is -0.484 e. The quantitative estimate of drug-likeness (QED) is 0.867. The summed E-state index contributed by atoms with van der Waals surface area (Å²) >= 11 is 0. The number of nitrogens with one attached hydrogen (secondary N) is 1. The van der Waals surface area contributed by atoms with Crippen molar-refractivity contribution in [3.05, 3.63) is 29.8 Å². The third-order valence-corrected chi connectivity index (χ3v) is 4.17. The first-order chi connectivity index (χ1) is 9.98. The summed E-state index contributed by atoms with van der Waals surface area (Å²) in [5, 5.41) is 3.07. The second-order valence-corrected chi connectivity index (χ2v) is 6.85. The topological polar surface area (TPSA) is 38.3 Å². The maximum Gasteiger partial charge on any atom is 0.258 e. The second-order valence-electron chi connectivity index (χ2n) is 6.85. The van der Waals surface area contributed by atoms with E-state index < -0.39 is 0 Å². The van der Waals surface area contributed by atoms with E-state index in [1.54, 1.807) is 0 Å². The van der Waals surface area contributed by atoms with Gasteiger partial charge in [-0.1, -0.05) is 39.3 Å². The maximum absolute atomic E-state index is 11.9. The van der Waals surface area contributed by atoms with E-state index in [1.165, 1.54) is 12.0 Å². The monoisotopic (exact) mass is 289 g/mol. The van der Waals surface area contributed by atoms with Gasteiger partial charge in [-0.05, 0) is 48.8 Å². The van der Waals surface area contributed by atoms with E-state index in [0.717, 1.165) is 31.4 Å². The predicted molar refractivity (Wildman–Crippen MR) is 85.5 cm³/mol. The van der Waals surface area contributed by atoms with Crippen molar-refractivity contribution in [1.82, 2.24) is 5.32 Å². The Morgan fingerprint density at radius 2 is 2.05 bits per heavy atom. The lowest BCUT2D eigenvalue weighted by molar-refractivity contribution is -0.123. The highest BCUT2D eigenvalue weighted by Crippen LogP contribution is 2.36. The van der Waals surface area contributed by atoms with Crippen LogP contribution in [0.15, 0.2) is 24.3 Å². The predicted octanol–water partition coefficient (Wildman–Crippen LogP) is 3.71. The smallest absolute Gasteiger partial charge is 0.258 e. The lowest BCUT2D eigenvalue weighted by Gasteiger charge is -2.18. The van der Waals surface area contributed by atoms with Crippen LogP contribution in [0.4, 0.5) is 0 Å². The summed E-state index contributed by atoms with van der Waals surface area (Å²) in [5.41, 5.74) is 1.66. The van der Waals surface area contributed by atoms with Crippen molar-refractivity contribution in [2.24, 2.45) is 5.41 Å². The first-order valence-electron chi connectivity index (χ1n) is 7.99. The molecule has 1 saturated carbocycles. The first kappa shape index (κ1) is 15.9. The van der Waals surface area contributed by atoms with Crippen LogP contribution in [0.5, 0.6) is 5.75 Å². The van der Waals surface area contributed by atoms with Gasteiger partial charge < -0.3 is 10.1 Å². The van der Waals surface area contributed by atoms with Crippen LogP contribution in [0, 0.1) is 5.41 Å². The van der Waals surface area contributed by atoms with E-state index in [1.807, 2.05) is 12.1 Å². The van der Waals surface area contributed by atoms with Gasteiger partial charge in [-0.3, -0.25) is 4.79 Å². The summed E-state index contributed by atoms with van der Waals surface area (Å²) in [7, 11) is 0. The van der Waals surface area contributed by atoms with Crippen molar-refractivity contribution in [3.63, 3.8) is 0 Å². The number of hydrogen-bond donors (Lipinski definition) is 1. The summed E-state index contributed by atoms with van der Waals surface area (Å²) < 4.78 is 5.55. The highest BCUT2D eigenvalue weighted by Gasteiger charge is 2.31. The summed E-state index contributed by atoms with van der Waals surface area (Å²) in [5.74, 6) is 0.743. The fourth-order valence-electron chi connectivity index (χ4n) is 3.02. The third kappa shape index (κ3) is 5.07. The standard InChI is InChI=1S/C18H27NO2/c1-4-5-14-6-8-16(9-7-14)21-13-17(20)19-15-10-11-18(2,3)12-15/h6-9,15H,4-5,10-13H2,1-3H3,(H,19,20). The average molecular weight is 289 g/mol. The van der Waals surface area contributed by atoms with Crippen LogP contribution in [0.1, 0.15) is 52.0 Å². The number of hydrogen-bond acceptors (Lipinski definition) is 2.